The van der Waals surface area contributed by atoms with Crippen LogP contribution >= 0.6 is 11.6 Å². The average molecular weight is 300 g/mol. The highest BCUT2D eigenvalue weighted by molar-refractivity contribution is 6.29. The monoisotopic (exact) mass is 299 g/mol. The third-order valence-electron chi connectivity index (χ3n) is 3.08. The lowest BCUT2D eigenvalue weighted by Gasteiger charge is -2.21. The van der Waals surface area contributed by atoms with Crippen LogP contribution in [0.4, 0.5) is 5.69 Å². The molecule has 1 saturated heterocycles. The number of nitrogens with zero attached hydrogens (tertiary/aromatic N) is 3. The van der Waals surface area contributed by atoms with Crippen LogP contribution in [-0.2, 0) is 4.79 Å². The van der Waals surface area contributed by atoms with E-state index in [1.807, 2.05) is 0 Å². The molecule has 0 bridgehead atoms. The second-order valence-corrected chi connectivity index (χ2v) is 4.66. The van der Waals surface area contributed by atoms with Crippen molar-refractivity contribution in [2.45, 2.75) is 18.9 Å². The first-order valence-corrected chi connectivity index (χ1v) is 6.13. The molecule has 1 aliphatic heterocycles. The zero-order valence-electron chi connectivity index (χ0n) is 10.2. The number of hydrogen-bond acceptors (Lipinski definition) is 5. The maximum atomic E-state index is 12.3. The van der Waals surface area contributed by atoms with Crippen LogP contribution in [0.15, 0.2) is 12.3 Å². The third kappa shape index (κ3) is 2.55. The van der Waals surface area contributed by atoms with Crippen LogP contribution in [0, 0.1) is 10.1 Å². The maximum Gasteiger partial charge on any atom is 0.326 e. The highest BCUT2D eigenvalue weighted by Gasteiger charge is 2.37. The molecule has 9 heteroatoms. The summed E-state index contributed by atoms with van der Waals surface area (Å²) in [7, 11) is 0. The minimum absolute atomic E-state index is 0.0648. The van der Waals surface area contributed by atoms with E-state index in [4.69, 9.17) is 16.7 Å². The smallest absolute Gasteiger partial charge is 0.326 e. The summed E-state index contributed by atoms with van der Waals surface area (Å²) in [6.45, 7) is 0.243. The lowest BCUT2D eigenvalue weighted by atomic mass is 10.1. The van der Waals surface area contributed by atoms with Crippen LogP contribution in [0.2, 0.25) is 5.15 Å². The van der Waals surface area contributed by atoms with Crippen LogP contribution in [0.3, 0.4) is 0 Å². The molecule has 1 aromatic heterocycles. The Morgan fingerprint density at radius 1 is 1.55 bits per heavy atom. The van der Waals surface area contributed by atoms with Crippen molar-refractivity contribution in [1.82, 2.24) is 9.88 Å². The minimum atomic E-state index is -1.13. The zero-order valence-corrected chi connectivity index (χ0v) is 10.9. The molecule has 2 heterocycles. The second kappa shape index (κ2) is 5.41. The fraction of sp³-hybridized carbons (Fsp3) is 0.364. The van der Waals surface area contributed by atoms with Gasteiger partial charge in [0.15, 0.2) is 0 Å². The van der Waals surface area contributed by atoms with Gasteiger partial charge in [0.05, 0.1) is 4.92 Å². The van der Waals surface area contributed by atoms with Gasteiger partial charge in [-0.3, -0.25) is 14.9 Å². The Kier molecular flexibility index (Phi) is 3.84. The van der Waals surface area contributed by atoms with Crippen LogP contribution in [0.1, 0.15) is 23.2 Å². The number of pyridine rings is 1. The Hall–Kier alpha value is -2.22. The van der Waals surface area contributed by atoms with E-state index in [0.29, 0.717) is 12.8 Å². The van der Waals surface area contributed by atoms with E-state index < -0.39 is 28.5 Å². The van der Waals surface area contributed by atoms with E-state index >= 15 is 0 Å². The number of carbonyl (C=O) groups is 2. The summed E-state index contributed by atoms with van der Waals surface area (Å²) >= 11 is 5.65. The van der Waals surface area contributed by atoms with Crippen LogP contribution in [0.5, 0.6) is 0 Å². The summed E-state index contributed by atoms with van der Waals surface area (Å²) in [5, 5.41) is 19.9. The molecule has 106 valence electrons. The van der Waals surface area contributed by atoms with Crippen molar-refractivity contribution in [3.63, 3.8) is 0 Å². The molecule has 0 spiro atoms. The average Bonchev–Trinajstić information content (AvgIpc) is 2.86. The summed E-state index contributed by atoms with van der Waals surface area (Å²) in [4.78, 5) is 38.2. The van der Waals surface area contributed by atoms with E-state index in [1.54, 1.807) is 0 Å². The van der Waals surface area contributed by atoms with E-state index in [-0.39, 0.29) is 17.3 Å². The van der Waals surface area contributed by atoms with Crippen molar-refractivity contribution < 1.29 is 19.6 Å². The number of carboxylic acids is 1. The van der Waals surface area contributed by atoms with E-state index in [2.05, 4.69) is 4.98 Å². The molecule has 1 amide bonds. The summed E-state index contributed by atoms with van der Waals surface area (Å²) < 4.78 is 0. The molecule has 8 nitrogen and oxygen atoms in total. The fourth-order valence-corrected chi connectivity index (χ4v) is 2.32. The highest BCUT2D eigenvalue weighted by atomic mass is 35.5. The Morgan fingerprint density at radius 3 is 2.85 bits per heavy atom. The number of halogens is 1. The van der Waals surface area contributed by atoms with Crippen LogP contribution in [0.25, 0.3) is 0 Å². The van der Waals surface area contributed by atoms with E-state index in [9.17, 15) is 19.7 Å². The lowest BCUT2D eigenvalue weighted by molar-refractivity contribution is -0.385. The lowest BCUT2D eigenvalue weighted by Crippen LogP contribution is -2.40. The third-order valence-corrected chi connectivity index (χ3v) is 3.28. The Morgan fingerprint density at radius 2 is 2.25 bits per heavy atom. The molecular formula is C11H10ClN3O5. The number of aliphatic carboxylic acids is 1. The molecule has 0 radical (unpaired) electrons. The number of carboxylic acid groups (broad SMARTS) is 1. The number of carbonyl (C=O) groups excluding carboxylic acids is 1. The first-order valence-electron chi connectivity index (χ1n) is 5.75. The summed E-state index contributed by atoms with van der Waals surface area (Å²) in [5.74, 6) is -1.84. The molecule has 1 aromatic rings. The van der Waals surface area contributed by atoms with E-state index in [1.165, 1.54) is 0 Å². The maximum absolute atomic E-state index is 12.3. The molecule has 1 fully saturated rings. The standard InChI is InChI=1S/C11H10ClN3O5/c12-9-4-6(8(5-13-9)15(19)20)10(16)14-3-1-2-7(14)11(17)18/h4-5,7H,1-3H2,(H,17,18)/t7-/m1/s1. The Labute approximate surface area is 118 Å². The van der Waals surface area contributed by atoms with Crippen molar-refractivity contribution >= 4 is 29.2 Å². The van der Waals surface area contributed by atoms with Crippen molar-refractivity contribution in [3.8, 4) is 0 Å². The number of rotatable bonds is 3. The molecular weight excluding hydrogens is 290 g/mol. The quantitative estimate of drug-likeness (QED) is 0.511. The Balaban J connectivity index is 2.40. The fourth-order valence-electron chi connectivity index (χ4n) is 2.16. The first-order chi connectivity index (χ1) is 9.41. The molecule has 1 N–H and O–H groups in total. The van der Waals surface area contributed by atoms with Crippen LogP contribution < -0.4 is 0 Å². The van der Waals surface area contributed by atoms with E-state index in [0.717, 1.165) is 17.2 Å². The molecule has 0 aliphatic carbocycles. The minimum Gasteiger partial charge on any atom is -0.480 e. The molecule has 20 heavy (non-hydrogen) atoms. The van der Waals surface area contributed by atoms with Gasteiger partial charge in [-0.15, -0.1) is 0 Å². The van der Waals surface area contributed by atoms with Gasteiger partial charge in [0.25, 0.3) is 11.6 Å². The van der Waals surface area contributed by atoms with Gasteiger partial charge in [-0.25, -0.2) is 9.78 Å². The molecule has 2 rings (SSSR count). The number of amides is 1. The van der Waals surface area contributed by atoms with Gasteiger partial charge < -0.3 is 10.0 Å². The molecule has 0 saturated carbocycles. The number of hydrogen-bond donors (Lipinski definition) is 1. The van der Waals surface area contributed by atoms with Crippen molar-refractivity contribution in [3.05, 3.63) is 33.1 Å². The van der Waals surface area contributed by atoms with Crippen molar-refractivity contribution in [2.24, 2.45) is 0 Å². The number of likely N-dealkylation sites (tertiary alicyclic amines) is 1. The molecule has 1 atom stereocenters. The summed E-state index contributed by atoms with van der Waals surface area (Å²) in [6, 6.07) is 0.119. The van der Waals surface area contributed by atoms with Crippen molar-refractivity contribution in [1.29, 1.82) is 0 Å². The molecule has 0 aromatic carbocycles. The largest absolute Gasteiger partial charge is 0.480 e. The highest BCUT2D eigenvalue weighted by Crippen LogP contribution is 2.26. The second-order valence-electron chi connectivity index (χ2n) is 4.28. The predicted octanol–water partition coefficient (Wildman–Crippen LogP) is 1.33. The predicted molar refractivity (Wildman–Crippen MR) is 67.6 cm³/mol. The normalized spacial score (nSPS) is 18.1. The molecule has 0 unspecified atom stereocenters. The van der Waals surface area contributed by atoms with Crippen molar-refractivity contribution in [2.75, 3.05) is 6.54 Å². The van der Waals surface area contributed by atoms with Gasteiger partial charge in [0.2, 0.25) is 0 Å². The van der Waals surface area contributed by atoms with Gasteiger partial charge in [-0.05, 0) is 18.9 Å². The topological polar surface area (TPSA) is 114 Å². The van der Waals surface area contributed by atoms with Gasteiger partial charge in [0, 0.05) is 6.54 Å². The Bertz CT molecular complexity index is 591. The van der Waals surface area contributed by atoms with Gasteiger partial charge in [-0.1, -0.05) is 11.6 Å². The van der Waals surface area contributed by atoms with Gasteiger partial charge >= 0.3 is 5.97 Å². The number of nitro groups is 1. The first kappa shape index (κ1) is 14.2. The zero-order chi connectivity index (χ0) is 14.9. The molecule has 1 aliphatic rings. The van der Waals surface area contributed by atoms with Gasteiger partial charge in [0.1, 0.15) is 23.0 Å². The number of aromatic nitrogens is 1. The van der Waals surface area contributed by atoms with Crippen LogP contribution in [-0.4, -0.2) is 44.4 Å². The summed E-state index contributed by atoms with van der Waals surface area (Å²) in [5.41, 5.74) is -0.737. The SMILES string of the molecule is O=C(O)[C@H]1CCCN1C(=O)c1cc(Cl)ncc1[N+](=O)[O-]. The summed E-state index contributed by atoms with van der Waals surface area (Å²) in [6.07, 6.45) is 1.75. The van der Waals surface area contributed by atoms with Gasteiger partial charge in [-0.2, -0.15) is 0 Å².